The Kier molecular flexibility index (Phi) is 6.98. The normalized spacial score (nSPS) is 14.8. The number of para-hydroxylation sites is 2. The molecule has 2 heterocycles. The molecule has 0 aliphatic carbocycles. The first-order valence-corrected chi connectivity index (χ1v) is 10.9. The Morgan fingerprint density at radius 2 is 1.91 bits per heavy atom. The van der Waals surface area contributed by atoms with Gasteiger partial charge in [-0.2, -0.15) is 0 Å². The smallest absolute Gasteiger partial charge is 0.251 e. The minimum absolute atomic E-state index is 0.250. The summed E-state index contributed by atoms with van der Waals surface area (Å²) in [5.74, 6) is 0.247. The number of hydrogen-bond acceptors (Lipinski definition) is 6. The van der Waals surface area contributed by atoms with Crippen molar-refractivity contribution in [3.63, 3.8) is 0 Å². The third-order valence-corrected chi connectivity index (χ3v) is 5.76. The van der Waals surface area contributed by atoms with Crippen molar-refractivity contribution in [3.8, 4) is 0 Å². The summed E-state index contributed by atoms with van der Waals surface area (Å²) in [5.41, 5.74) is 4.73. The number of halogens is 1. The van der Waals surface area contributed by atoms with Crippen molar-refractivity contribution in [2.75, 3.05) is 31.5 Å². The first-order valence-electron chi connectivity index (χ1n) is 10.9. The van der Waals surface area contributed by atoms with Gasteiger partial charge >= 0.3 is 0 Å². The standard InChI is InChI=1S/C22H27FN8O2/c23-17-7-5-16(6-8-17)15-30-20-4-2-1-3-19(20)27-22(30)26-18-9-12-29(13-10-18)14-11-25-21(24)28-31(32)33/h1-8,18H,9-15H2,(H,26,27)(H3,24,25,28). The zero-order valence-electron chi connectivity index (χ0n) is 18.1. The lowest BCUT2D eigenvalue weighted by atomic mass is 10.1. The lowest BCUT2D eigenvalue weighted by Crippen LogP contribution is -2.45. The molecule has 0 amide bonds. The number of anilines is 1. The summed E-state index contributed by atoms with van der Waals surface area (Å²) in [4.78, 5) is 17.4. The van der Waals surface area contributed by atoms with Gasteiger partial charge in [-0.1, -0.05) is 29.7 Å². The van der Waals surface area contributed by atoms with Crippen LogP contribution in [-0.4, -0.2) is 57.7 Å². The van der Waals surface area contributed by atoms with E-state index in [1.807, 2.05) is 24.3 Å². The summed E-state index contributed by atoms with van der Waals surface area (Å²) in [6.07, 6.45) is 1.87. The maximum absolute atomic E-state index is 13.3. The molecule has 4 rings (SSSR count). The van der Waals surface area contributed by atoms with E-state index in [-0.39, 0.29) is 17.8 Å². The summed E-state index contributed by atoms with van der Waals surface area (Å²) in [6.45, 7) is 3.53. The molecule has 33 heavy (non-hydrogen) atoms. The number of nitrogens with one attached hydrogen (secondary N) is 4. The first kappa shape index (κ1) is 22.5. The van der Waals surface area contributed by atoms with Crippen LogP contribution < -0.4 is 16.1 Å². The number of likely N-dealkylation sites (tertiary alicyclic amines) is 1. The van der Waals surface area contributed by atoms with Crippen LogP contribution >= 0.6 is 0 Å². The number of nitro groups is 1. The van der Waals surface area contributed by atoms with E-state index in [0.717, 1.165) is 48.5 Å². The zero-order valence-corrected chi connectivity index (χ0v) is 18.1. The van der Waals surface area contributed by atoms with E-state index in [2.05, 4.69) is 20.1 Å². The SMILES string of the molecule is N=C(NCCN1CCC(Nc2nc3ccccc3n2Cc2ccc(F)cc2)CC1)N[N+](=O)[O-]. The number of fused-ring (bicyclic) bond motifs is 1. The average Bonchev–Trinajstić information content (AvgIpc) is 3.13. The van der Waals surface area contributed by atoms with Crippen molar-refractivity contribution in [1.29, 1.82) is 5.41 Å². The van der Waals surface area contributed by atoms with Gasteiger partial charge in [0.2, 0.25) is 5.95 Å². The maximum Gasteiger partial charge on any atom is 0.251 e. The van der Waals surface area contributed by atoms with Crippen molar-refractivity contribution in [1.82, 2.24) is 25.2 Å². The van der Waals surface area contributed by atoms with Gasteiger partial charge < -0.3 is 20.1 Å². The highest BCUT2D eigenvalue weighted by Gasteiger charge is 2.21. The molecule has 174 valence electrons. The number of rotatable bonds is 8. The maximum atomic E-state index is 13.3. The van der Waals surface area contributed by atoms with Gasteiger partial charge in [-0.15, -0.1) is 0 Å². The predicted molar refractivity (Wildman–Crippen MR) is 124 cm³/mol. The predicted octanol–water partition coefficient (Wildman–Crippen LogP) is 2.41. The fraction of sp³-hybridized carbons (Fsp3) is 0.364. The number of guanidine groups is 1. The van der Waals surface area contributed by atoms with Crippen LogP contribution in [-0.2, 0) is 6.54 Å². The van der Waals surface area contributed by atoms with Crippen molar-refractivity contribution >= 4 is 22.9 Å². The molecular formula is C22H27FN8O2. The highest BCUT2D eigenvalue weighted by molar-refractivity contribution is 5.78. The summed E-state index contributed by atoms with van der Waals surface area (Å²) < 4.78 is 15.5. The van der Waals surface area contributed by atoms with Crippen LogP contribution in [0.15, 0.2) is 48.5 Å². The molecule has 0 atom stereocenters. The highest BCUT2D eigenvalue weighted by Crippen LogP contribution is 2.24. The monoisotopic (exact) mass is 454 g/mol. The zero-order chi connectivity index (χ0) is 23.2. The lowest BCUT2D eigenvalue weighted by Gasteiger charge is -2.32. The molecule has 0 saturated carbocycles. The van der Waals surface area contributed by atoms with E-state index in [1.165, 1.54) is 12.1 Å². The molecular weight excluding hydrogens is 427 g/mol. The second kappa shape index (κ2) is 10.3. The third-order valence-electron chi connectivity index (χ3n) is 5.76. The van der Waals surface area contributed by atoms with Gasteiger partial charge in [0.15, 0.2) is 5.03 Å². The molecule has 4 N–H and O–H groups in total. The van der Waals surface area contributed by atoms with Gasteiger partial charge in [-0.25, -0.2) is 19.5 Å². The second-order valence-electron chi connectivity index (χ2n) is 8.07. The fourth-order valence-electron chi connectivity index (χ4n) is 4.07. The number of piperidine rings is 1. The molecule has 0 radical (unpaired) electrons. The van der Waals surface area contributed by atoms with Gasteiger partial charge in [0.25, 0.3) is 5.96 Å². The number of benzene rings is 2. The van der Waals surface area contributed by atoms with E-state index in [1.54, 1.807) is 17.6 Å². The molecule has 2 aromatic carbocycles. The third kappa shape index (κ3) is 5.95. The average molecular weight is 455 g/mol. The van der Waals surface area contributed by atoms with Crippen LogP contribution in [0.3, 0.4) is 0 Å². The fourth-order valence-corrected chi connectivity index (χ4v) is 4.07. The van der Waals surface area contributed by atoms with Gasteiger partial charge in [-0.05, 0) is 42.7 Å². The van der Waals surface area contributed by atoms with E-state index >= 15 is 0 Å². The molecule has 1 aliphatic heterocycles. The summed E-state index contributed by atoms with van der Waals surface area (Å²) in [5, 5.41) is 23.3. The Labute approximate surface area is 190 Å². The Morgan fingerprint density at radius 1 is 1.18 bits per heavy atom. The lowest BCUT2D eigenvalue weighted by molar-refractivity contribution is -0.525. The summed E-state index contributed by atoms with van der Waals surface area (Å²) in [6, 6.07) is 14.8. The van der Waals surface area contributed by atoms with Crippen LogP contribution in [0.4, 0.5) is 10.3 Å². The number of imidazole rings is 1. The molecule has 3 aromatic rings. The topological polar surface area (TPSA) is 124 Å². The molecule has 10 nitrogen and oxygen atoms in total. The number of nitrogens with zero attached hydrogens (tertiary/aromatic N) is 4. The van der Waals surface area contributed by atoms with Crippen LogP contribution in [0, 0.1) is 21.3 Å². The molecule has 11 heteroatoms. The Bertz CT molecular complexity index is 1110. The largest absolute Gasteiger partial charge is 0.353 e. The molecule has 1 saturated heterocycles. The van der Waals surface area contributed by atoms with Crippen molar-refractivity contribution in [2.24, 2.45) is 0 Å². The van der Waals surface area contributed by atoms with Gasteiger partial charge in [-0.3, -0.25) is 5.41 Å². The van der Waals surface area contributed by atoms with Crippen molar-refractivity contribution < 1.29 is 9.42 Å². The van der Waals surface area contributed by atoms with E-state index in [4.69, 9.17) is 10.4 Å². The van der Waals surface area contributed by atoms with Crippen molar-refractivity contribution in [2.45, 2.75) is 25.4 Å². The Morgan fingerprint density at radius 3 is 2.64 bits per heavy atom. The second-order valence-corrected chi connectivity index (χ2v) is 8.07. The minimum Gasteiger partial charge on any atom is -0.353 e. The van der Waals surface area contributed by atoms with Gasteiger partial charge in [0.1, 0.15) is 5.82 Å². The van der Waals surface area contributed by atoms with E-state index in [0.29, 0.717) is 19.6 Å². The number of aromatic nitrogens is 2. The molecule has 0 unspecified atom stereocenters. The molecule has 0 bridgehead atoms. The molecule has 0 spiro atoms. The highest BCUT2D eigenvalue weighted by atomic mass is 19.1. The quantitative estimate of drug-likeness (QED) is 0.178. The van der Waals surface area contributed by atoms with E-state index < -0.39 is 5.03 Å². The molecule has 1 fully saturated rings. The van der Waals surface area contributed by atoms with Gasteiger partial charge in [0, 0.05) is 32.2 Å². The Hall–Kier alpha value is -3.73. The number of hydrazine groups is 1. The van der Waals surface area contributed by atoms with Crippen LogP contribution in [0.25, 0.3) is 11.0 Å². The van der Waals surface area contributed by atoms with E-state index in [9.17, 15) is 14.5 Å². The van der Waals surface area contributed by atoms with Crippen LogP contribution in [0.1, 0.15) is 18.4 Å². The van der Waals surface area contributed by atoms with Crippen molar-refractivity contribution in [3.05, 3.63) is 70.0 Å². The summed E-state index contributed by atoms with van der Waals surface area (Å²) >= 11 is 0. The van der Waals surface area contributed by atoms with Gasteiger partial charge in [0.05, 0.1) is 17.6 Å². The Balaban J connectivity index is 1.35. The number of hydrogen-bond donors (Lipinski definition) is 4. The molecule has 1 aliphatic rings. The van der Waals surface area contributed by atoms with Crippen LogP contribution in [0.2, 0.25) is 0 Å². The minimum atomic E-state index is -0.754. The molecule has 1 aromatic heterocycles. The van der Waals surface area contributed by atoms with Crippen LogP contribution in [0.5, 0.6) is 0 Å². The first-order chi connectivity index (χ1) is 16.0. The summed E-state index contributed by atoms with van der Waals surface area (Å²) in [7, 11) is 0.